The van der Waals surface area contributed by atoms with Crippen LogP contribution in [0, 0.1) is 6.92 Å². The van der Waals surface area contributed by atoms with Gasteiger partial charge in [0.1, 0.15) is 11.5 Å². The van der Waals surface area contributed by atoms with Crippen molar-refractivity contribution < 1.29 is 19.4 Å². The number of aromatic nitrogens is 1. The molecule has 7 heteroatoms. The summed E-state index contributed by atoms with van der Waals surface area (Å²) in [7, 11) is 0. The zero-order valence-electron chi connectivity index (χ0n) is 20.1. The van der Waals surface area contributed by atoms with Crippen molar-refractivity contribution >= 4 is 45.6 Å². The molecule has 2 N–H and O–H groups in total. The molecule has 1 aliphatic rings. The number of ether oxygens (including phenoxy) is 1. The van der Waals surface area contributed by atoms with E-state index < -0.39 is 17.7 Å². The molecule has 1 amide bonds. The topological polar surface area (TPSA) is 82.6 Å². The number of aliphatic hydroxyl groups excluding tert-OH is 1. The van der Waals surface area contributed by atoms with Crippen molar-refractivity contribution in [2.45, 2.75) is 32.9 Å². The summed E-state index contributed by atoms with van der Waals surface area (Å²) in [5, 5.41) is 12.9. The number of carbonyl (C=O) groups excluding carboxylic acids is 2. The van der Waals surface area contributed by atoms with Crippen molar-refractivity contribution in [2.24, 2.45) is 0 Å². The number of ketones is 1. The minimum absolute atomic E-state index is 0.0181. The molecule has 0 bridgehead atoms. The van der Waals surface area contributed by atoms with Gasteiger partial charge in [-0.3, -0.25) is 14.5 Å². The molecule has 3 aromatic carbocycles. The van der Waals surface area contributed by atoms with Crippen LogP contribution >= 0.6 is 11.6 Å². The first-order chi connectivity index (χ1) is 17.3. The molecule has 0 saturated carbocycles. The van der Waals surface area contributed by atoms with E-state index in [0.29, 0.717) is 22.0 Å². The number of carbonyl (C=O) groups is 2. The van der Waals surface area contributed by atoms with E-state index in [-0.39, 0.29) is 17.4 Å². The number of hydrogen-bond donors (Lipinski definition) is 2. The number of nitrogens with zero attached hydrogens (tertiary/aromatic N) is 1. The Morgan fingerprint density at radius 2 is 1.75 bits per heavy atom. The molecule has 36 heavy (non-hydrogen) atoms. The Kier molecular flexibility index (Phi) is 6.06. The van der Waals surface area contributed by atoms with E-state index in [9.17, 15) is 14.7 Å². The second-order valence-electron chi connectivity index (χ2n) is 9.05. The van der Waals surface area contributed by atoms with Gasteiger partial charge in [-0.2, -0.15) is 0 Å². The number of hydrogen-bond acceptors (Lipinski definition) is 4. The standard InChI is InChI=1S/C29H25ClN2O4/c1-16(2)36-21-8-6-7-18(15-21)27(33)25-26(24-17(3)31-23-10-5-4-9-22(23)24)32(29(35)28(25)34)20-13-11-19(30)12-14-20/h4-16,26,31,33H,1-3H3/b27-25+. The van der Waals surface area contributed by atoms with Crippen LogP contribution in [0.4, 0.5) is 5.69 Å². The predicted octanol–water partition coefficient (Wildman–Crippen LogP) is 6.54. The molecule has 5 rings (SSSR count). The SMILES string of the molecule is Cc1[nH]c2ccccc2c1C1/C(=C(\O)c2cccc(OC(C)C)c2)C(=O)C(=O)N1c1ccc(Cl)cc1. The van der Waals surface area contributed by atoms with Gasteiger partial charge in [0.2, 0.25) is 0 Å². The summed E-state index contributed by atoms with van der Waals surface area (Å²) in [5.41, 5.74) is 3.33. The van der Waals surface area contributed by atoms with Crippen molar-refractivity contribution in [3.8, 4) is 5.75 Å². The third-order valence-corrected chi connectivity index (χ3v) is 6.50. The zero-order chi connectivity index (χ0) is 25.6. The van der Waals surface area contributed by atoms with Crippen LogP contribution < -0.4 is 9.64 Å². The van der Waals surface area contributed by atoms with Gasteiger partial charge in [-0.1, -0.05) is 41.9 Å². The first-order valence-electron chi connectivity index (χ1n) is 11.7. The predicted molar refractivity (Wildman–Crippen MR) is 141 cm³/mol. The lowest BCUT2D eigenvalue weighted by Gasteiger charge is -2.26. The number of halogens is 1. The summed E-state index contributed by atoms with van der Waals surface area (Å²) in [6, 6.07) is 20.5. The van der Waals surface area contributed by atoms with E-state index in [0.717, 1.165) is 22.2 Å². The molecule has 1 saturated heterocycles. The number of aromatic amines is 1. The number of fused-ring (bicyclic) bond motifs is 1. The second-order valence-corrected chi connectivity index (χ2v) is 9.49. The van der Waals surface area contributed by atoms with Gasteiger partial charge in [0.05, 0.1) is 17.7 Å². The molecule has 0 spiro atoms. The maximum Gasteiger partial charge on any atom is 0.300 e. The summed E-state index contributed by atoms with van der Waals surface area (Å²) in [4.78, 5) is 31.8. The molecule has 0 aliphatic carbocycles. The first-order valence-corrected chi connectivity index (χ1v) is 12.0. The third kappa shape index (κ3) is 4.03. The Bertz CT molecular complexity index is 1520. The smallest absolute Gasteiger partial charge is 0.300 e. The molecule has 1 aliphatic heterocycles. The number of benzene rings is 3. The minimum atomic E-state index is -0.850. The number of Topliss-reactive ketones (excluding diaryl/α,β-unsaturated/α-hetero) is 1. The van der Waals surface area contributed by atoms with Crippen LogP contribution in [0.15, 0.2) is 78.4 Å². The highest BCUT2D eigenvalue weighted by Gasteiger charge is 2.48. The normalized spacial score (nSPS) is 17.4. The minimum Gasteiger partial charge on any atom is -0.507 e. The van der Waals surface area contributed by atoms with Gasteiger partial charge < -0.3 is 14.8 Å². The fraction of sp³-hybridized carbons (Fsp3) is 0.172. The van der Waals surface area contributed by atoms with Crippen molar-refractivity contribution in [1.29, 1.82) is 0 Å². The van der Waals surface area contributed by atoms with Crippen LogP contribution in [0.5, 0.6) is 5.75 Å². The monoisotopic (exact) mass is 500 g/mol. The Hall–Kier alpha value is -4.03. The molecule has 1 unspecified atom stereocenters. The van der Waals surface area contributed by atoms with E-state index in [1.165, 1.54) is 4.90 Å². The fourth-order valence-corrected chi connectivity index (χ4v) is 4.89. The average Bonchev–Trinajstić information content (AvgIpc) is 3.31. The van der Waals surface area contributed by atoms with Crippen LogP contribution in [-0.4, -0.2) is 27.9 Å². The first kappa shape index (κ1) is 23.7. The van der Waals surface area contributed by atoms with E-state index in [4.69, 9.17) is 16.3 Å². The van der Waals surface area contributed by atoms with Gasteiger partial charge in [-0.15, -0.1) is 0 Å². The van der Waals surface area contributed by atoms with Crippen molar-refractivity contribution in [3.05, 3.63) is 100 Å². The highest BCUT2D eigenvalue weighted by Crippen LogP contribution is 2.45. The summed E-state index contributed by atoms with van der Waals surface area (Å²) in [6.45, 7) is 5.71. The van der Waals surface area contributed by atoms with Crippen LogP contribution in [0.1, 0.15) is 36.7 Å². The lowest BCUT2D eigenvalue weighted by molar-refractivity contribution is -0.132. The van der Waals surface area contributed by atoms with Crippen LogP contribution in [0.2, 0.25) is 5.02 Å². The molecular weight excluding hydrogens is 476 g/mol. The van der Waals surface area contributed by atoms with E-state index >= 15 is 0 Å². The fourth-order valence-electron chi connectivity index (χ4n) is 4.77. The van der Waals surface area contributed by atoms with Crippen LogP contribution in [0.3, 0.4) is 0 Å². The lowest BCUT2D eigenvalue weighted by atomic mass is 9.93. The third-order valence-electron chi connectivity index (χ3n) is 6.25. The molecule has 0 radical (unpaired) electrons. The molecule has 182 valence electrons. The van der Waals surface area contributed by atoms with Crippen LogP contribution in [0.25, 0.3) is 16.7 Å². The number of amides is 1. The van der Waals surface area contributed by atoms with Crippen LogP contribution in [-0.2, 0) is 9.59 Å². The molecular formula is C29H25ClN2O4. The average molecular weight is 501 g/mol. The van der Waals surface area contributed by atoms with Gasteiger partial charge >= 0.3 is 0 Å². The number of anilines is 1. The highest BCUT2D eigenvalue weighted by molar-refractivity contribution is 6.52. The van der Waals surface area contributed by atoms with Gasteiger partial charge in [0.15, 0.2) is 0 Å². The van der Waals surface area contributed by atoms with Crippen molar-refractivity contribution in [3.63, 3.8) is 0 Å². The molecule has 1 atom stereocenters. The largest absolute Gasteiger partial charge is 0.507 e. The second kappa shape index (κ2) is 9.21. The number of para-hydroxylation sites is 1. The molecule has 4 aromatic rings. The maximum atomic E-state index is 13.5. The summed E-state index contributed by atoms with van der Waals surface area (Å²) >= 11 is 6.10. The number of aryl methyl sites for hydroxylation is 1. The van der Waals surface area contributed by atoms with Crippen molar-refractivity contribution in [1.82, 2.24) is 4.98 Å². The Balaban J connectivity index is 1.77. The Morgan fingerprint density at radius 3 is 2.47 bits per heavy atom. The number of aliphatic hydroxyl groups is 1. The lowest BCUT2D eigenvalue weighted by Crippen LogP contribution is -2.29. The van der Waals surface area contributed by atoms with Gasteiger partial charge in [-0.25, -0.2) is 0 Å². The van der Waals surface area contributed by atoms with Gasteiger partial charge in [0.25, 0.3) is 11.7 Å². The van der Waals surface area contributed by atoms with Gasteiger partial charge in [-0.05, 0) is 63.2 Å². The highest BCUT2D eigenvalue weighted by atomic mass is 35.5. The molecule has 2 heterocycles. The van der Waals surface area contributed by atoms with Crippen molar-refractivity contribution in [2.75, 3.05) is 4.90 Å². The summed E-state index contributed by atoms with van der Waals surface area (Å²) in [6.07, 6.45) is -0.0632. The number of H-pyrrole nitrogens is 1. The summed E-state index contributed by atoms with van der Waals surface area (Å²) < 4.78 is 5.78. The van der Waals surface area contributed by atoms with E-state index in [1.807, 2.05) is 45.0 Å². The number of rotatable bonds is 5. The zero-order valence-corrected chi connectivity index (χ0v) is 20.8. The Labute approximate surface area is 213 Å². The summed E-state index contributed by atoms with van der Waals surface area (Å²) in [5.74, 6) is -1.18. The van der Waals surface area contributed by atoms with Gasteiger partial charge in [0, 0.05) is 38.4 Å². The molecule has 6 nitrogen and oxygen atoms in total. The quantitative estimate of drug-likeness (QED) is 0.185. The Morgan fingerprint density at radius 1 is 1.03 bits per heavy atom. The van der Waals surface area contributed by atoms with E-state index in [2.05, 4.69) is 4.98 Å². The van der Waals surface area contributed by atoms with E-state index in [1.54, 1.807) is 48.5 Å². The molecule has 1 aromatic heterocycles. The number of nitrogens with one attached hydrogen (secondary N) is 1. The maximum absolute atomic E-state index is 13.5. The molecule has 1 fully saturated rings.